The monoisotopic (exact) mass is 202 g/mol. The van der Waals surface area contributed by atoms with Crippen LogP contribution in [0.2, 0.25) is 0 Å². The summed E-state index contributed by atoms with van der Waals surface area (Å²) >= 11 is 0. The fourth-order valence-corrected chi connectivity index (χ4v) is 1.26. The fourth-order valence-electron chi connectivity index (χ4n) is 1.26. The molecule has 4 heteroatoms. The number of hydrogen-bond acceptors (Lipinski definition) is 2. The van der Waals surface area contributed by atoms with Crippen molar-refractivity contribution in [3.05, 3.63) is 0 Å². The molecule has 0 amide bonds. The minimum atomic E-state index is -1.41. The van der Waals surface area contributed by atoms with Crippen LogP contribution in [-0.4, -0.2) is 23.9 Å². The largest absolute Gasteiger partial charge is 0.497 e. The van der Waals surface area contributed by atoms with E-state index in [9.17, 15) is 4.39 Å². The molecule has 82 valence electrons. The summed E-state index contributed by atoms with van der Waals surface area (Å²) in [6, 6.07) is 0. The molecule has 14 heavy (non-hydrogen) atoms. The highest BCUT2D eigenvalue weighted by atomic mass is 19.1. The first-order valence-corrected chi connectivity index (χ1v) is 5.17. The summed E-state index contributed by atoms with van der Waals surface area (Å²) < 4.78 is 25.2. The molecule has 0 aromatic heterocycles. The molecule has 1 heterocycles. The van der Waals surface area contributed by atoms with Crippen molar-refractivity contribution in [1.29, 1.82) is 0 Å². The Balaban J connectivity index is 2.83. The van der Waals surface area contributed by atoms with E-state index in [0.717, 1.165) is 0 Å². The van der Waals surface area contributed by atoms with Gasteiger partial charge in [0.05, 0.1) is 11.2 Å². The van der Waals surface area contributed by atoms with Crippen molar-refractivity contribution in [1.82, 2.24) is 0 Å². The zero-order valence-electron chi connectivity index (χ0n) is 9.98. The van der Waals surface area contributed by atoms with Gasteiger partial charge in [-0.05, 0) is 41.0 Å². The van der Waals surface area contributed by atoms with E-state index in [4.69, 9.17) is 9.31 Å². The van der Waals surface area contributed by atoms with Gasteiger partial charge in [-0.3, -0.25) is 0 Å². The summed E-state index contributed by atoms with van der Waals surface area (Å²) in [7, 11) is -0.752. The molecular weight excluding hydrogens is 182 g/mol. The topological polar surface area (TPSA) is 18.5 Å². The molecule has 1 aliphatic heterocycles. The number of alkyl halides is 1. The lowest BCUT2D eigenvalue weighted by molar-refractivity contribution is 0.00578. The third-order valence-corrected chi connectivity index (χ3v) is 3.44. The molecule has 0 N–H and O–H groups in total. The maximum absolute atomic E-state index is 14.0. The SMILES string of the molecule is CCC(C)(F)B1OC(C)(C)C(C)(C)O1. The van der Waals surface area contributed by atoms with Gasteiger partial charge >= 0.3 is 7.12 Å². The predicted octanol–water partition coefficient (Wildman–Crippen LogP) is 2.76. The highest BCUT2D eigenvalue weighted by Gasteiger charge is 2.58. The summed E-state index contributed by atoms with van der Waals surface area (Å²) in [6.45, 7) is 11.0. The van der Waals surface area contributed by atoms with Crippen LogP contribution in [0.25, 0.3) is 0 Å². The van der Waals surface area contributed by atoms with Gasteiger partial charge in [0, 0.05) is 0 Å². The summed E-state index contributed by atoms with van der Waals surface area (Å²) in [4.78, 5) is 0. The Morgan fingerprint density at radius 2 is 1.50 bits per heavy atom. The zero-order chi connectivity index (χ0) is 11.2. The number of halogens is 1. The first kappa shape index (κ1) is 12.0. The zero-order valence-corrected chi connectivity index (χ0v) is 9.98. The second-order valence-corrected chi connectivity index (χ2v) is 5.22. The lowest BCUT2D eigenvalue weighted by Gasteiger charge is -2.32. The Labute approximate surface area is 86.3 Å². The van der Waals surface area contributed by atoms with Gasteiger partial charge in [-0.15, -0.1) is 0 Å². The van der Waals surface area contributed by atoms with Crippen molar-refractivity contribution in [2.45, 2.75) is 64.7 Å². The van der Waals surface area contributed by atoms with Gasteiger partial charge in [0.15, 0.2) is 0 Å². The predicted molar refractivity (Wildman–Crippen MR) is 55.9 cm³/mol. The van der Waals surface area contributed by atoms with E-state index in [0.29, 0.717) is 6.42 Å². The highest BCUT2D eigenvalue weighted by molar-refractivity contribution is 6.49. The normalized spacial score (nSPS) is 28.9. The molecule has 0 aromatic carbocycles. The third-order valence-electron chi connectivity index (χ3n) is 3.44. The molecule has 1 atom stereocenters. The van der Waals surface area contributed by atoms with Crippen molar-refractivity contribution in [2.75, 3.05) is 0 Å². The molecule has 1 unspecified atom stereocenters. The van der Waals surface area contributed by atoms with E-state index < -0.39 is 23.9 Å². The molecule has 0 aliphatic carbocycles. The van der Waals surface area contributed by atoms with Gasteiger partial charge in [0.2, 0.25) is 0 Å². The molecule has 1 fully saturated rings. The molecule has 1 saturated heterocycles. The minimum Gasteiger partial charge on any atom is -0.401 e. The van der Waals surface area contributed by atoms with Crippen molar-refractivity contribution < 1.29 is 13.7 Å². The lowest BCUT2D eigenvalue weighted by atomic mass is 9.68. The number of hydrogen-bond donors (Lipinski definition) is 0. The standard InChI is InChI=1S/C10H20BFO2/c1-7-10(6,12)11-13-8(2,3)9(4,5)14-11/h7H2,1-6H3. The quantitative estimate of drug-likeness (QED) is 0.641. The molecule has 1 rings (SSSR count). The minimum absolute atomic E-state index is 0.393. The van der Waals surface area contributed by atoms with E-state index in [1.807, 2.05) is 27.7 Å². The molecule has 0 spiro atoms. The van der Waals surface area contributed by atoms with Gasteiger partial charge in [-0.2, -0.15) is 0 Å². The van der Waals surface area contributed by atoms with Gasteiger partial charge in [-0.25, -0.2) is 4.39 Å². The van der Waals surface area contributed by atoms with Crippen molar-refractivity contribution in [3.8, 4) is 0 Å². The highest BCUT2D eigenvalue weighted by Crippen LogP contribution is 2.41. The van der Waals surface area contributed by atoms with Crippen molar-refractivity contribution >= 4 is 7.12 Å². The van der Waals surface area contributed by atoms with Gasteiger partial charge in [-0.1, -0.05) is 6.92 Å². The Hall–Kier alpha value is -0.0851. The molecule has 2 nitrogen and oxygen atoms in total. The second-order valence-electron chi connectivity index (χ2n) is 5.22. The van der Waals surface area contributed by atoms with Gasteiger partial charge < -0.3 is 9.31 Å². The summed E-state index contributed by atoms with van der Waals surface area (Å²) in [6.07, 6.45) is 0.393. The first-order chi connectivity index (χ1) is 6.12. The molecular formula is C10H20BFO2. The Morgan fingerprint density at radius 1 is 1.14 bits per heavy atom. The van der Waals surface area contributed by atoms with Gasteiger partial charge in [0.1, 0.15) is 5.57 Å². The van der Waals surface area contributed by atoms with Crippen molar-refractivity contribution in [2.24, 2.45) is 0 Å². The summed E-state index contributed by atoms with van der Waals surface area (Å²) in [5.74, 6) is 0. The second kappa shape index (κ2) is 3.21. The molecule has 0 bridgehead atoms. The molecule has 0 aromatic rings. The maximum atomic E-state index is 14.0. The Kier molecular flexibility index (Phi) is 2.74. The van der Waals surface area contributed by atoms with E-state index >= 15 is 0 Å². The average molecular weight is 202 g/mol. The molecule has 0 radical (unpaired) electrons. The lowest BCUT2D eigenvalue weighted by Crippen LogP contribution is -2.41. The molecule has 1 aliphatic rings. The fraction of sp³-hybridized carbons (Fsp3) is 1.00. The van der Waals surface area contributed by atoms with E-state index in [-0.39, 0.29) is 0 Å². The van der Waals surface area contributed by atoms with Crippen molar-refractivity contribution in [3.63, 3.8) is 0 Å². The molecule has 0 saturated carbocycles. The Bertz CT molecular complexity index is 210. The van der Waals surface area contributed by atoms with Crippen LogP contribution in [0.1, 0.15) is 48.0 Å². The van der Waals surface area contributed by atoms with Crippen LogP contribution in [0.15, 0.2) is 0 Å². The summed E-state index contributed by atoms with van der Waals surface area (Å²) in [5, 5.41) is 0. The average Bonchev–Trinajstić information content (AvgIpc) is 2.22. The van der Waals surface area contributed by atoms with E-state index in [1.165, 1.54) is 6.92 Å². The van der Waals surface area contributed by atoms with Crippen LogP contribution < -0.4 is 0 Å². The Morgan fingerprint density at radius 3 is 1.79 bits per heavy atom. The summed E-state index contributed by atoms with van der Waals surface area (Å²) in [5.41, 5.74) is -2.30. The smallest absolute Gasteiger partial charge is 0.401 e. The number of rotatable bonds is 2. The van der Waals surface area contributed by atoms with Crippen LogP contribution in [0.3, 0.4) is 0 Å². The van der Waals surface area contributed by atoms with Crippen LogP contribution in [-0.2, 0) is 9.31 Å². The maximum Gasteiger partial charge on any atom is 0.497 e. The van der Waals surface area contributed by atoms with Crippen LogP contribution in [0.5, 0.6) is 0 Å². The first-order valence-electron chi connectivity index (χ1n) is 5.17. The van der Waals surface area contributed by atoms with Crippen LogP contribution in [0, 0.1) is 0 Å². The van der Waals surface area contributed by atoms with Crippen LogP contribution >= 0.6 is 0 Å². The van der Waals surface area contributed by atoms with E-state index in [2.05, 4.69) is 0 Å². The van der Waals surface area contributed by atoms with E-state index in [1.54, 1.807) is 6.92 Å². The van der Waals surface area contributed by atoms with Gasteiger partial charge in [0.25, 0.3) is 0 Å². The van der Waals surface area contributed by atoms with Crippen LogP contribution in [0.4, 0.5) is 4.39 Å². The third kappa shape index (κ3) is 1.82.